The van der Waals surface area contributed by atoms with Gasteiger partial charge in [0.1, 0.15) is 4.90 Å². The van der Waals surface area contributed by atoms with Gasteiger partial charge in [0.25, 0.3) is 15.9 Å². The van der Waals surface area contributed by atoms with Crippen LogP contribution in [-0.2, 0) is 16.4 Å². The van der Waals surface area contributed by atoms with E-state index in [2.05, 4.69) is 17.0 Å². The first-order valence-electron chi connectivity index (χ1n) is 10.4. The van der Waals surface area contributed by atoms with Crippen LogP contribution in [0.5, 0.6) is 0 Å². The minimum absolute atomic E-state index is 0.0440. The molecule has 32 heavy (non-hydrogen) atoms. The van der Waals surface area contributed by atoms with E-state index in [4.69, 9.17) is 11.6 Å². The third-order valence-electron chi connectivity index (χ3n) is 5.36. The lowest BCUT2D eigenvalue weighted by atomic mass is 10.0. The van der Waals surface area contributed by atoms with Gasteiger partial charge in [0, 0.05) is 5.56 Å². The molecular formula is C25H27ClN2O3S. The van der Waals surface area contributed by atoms with Gasteiger partial charge in [-0.1, -0.05) is 54.9 Å². The number of amides is 1. The number of hydrogen-bond acceptors (Lipinski definition) is 3. The summed E-state index contributed by atoms with van der Waals surface area (Å²) in [5, 5.41) is 2.96. The Morgan fingerprint density at radius 1 is 1.00 bits per heavy atom. The predicted molar refractivity (Wildman–Crippen MR) is 130 cm³/mol. The van der Waals surface area contributed by atoms with E-state index in [1.807, 2.05) is 57.2 Å². The maximum absolute atomic E-state index is 13.0. The summed E-state index contributed by atoms with van der Waals surface area (Å²) >= 11 is 6.20. The molecule has 0 aliphatic rings. The van der Waals surface area contributed by atoms with Crippen molar-refractivity contribution in [2.75, 3.05) is 4.72 Å². The van der Waals surface area contributed by atoms with Crippen LogP contribution in [0.25, 0.3) is 0 Å². The number of rotatable bonds is 7. The molecule has 0 spiro atoms. The maximum atomic E-state index is 13.0. The minimum atomic E-state index is -3.99. The van der Waals surface area contributed by atoms with E-state index < -0.39 is 10.0 Å². The lowest BCUT2D eigenvalue weighted by Gasteiger charge is -2.16. The predicted octanol–water partition coefficient (Wildman–Crippen LogP) is 5.81. The van der Waals surface area contributed by atoms with Crippen molar-refractivity contribution in [1.82, 2.24) is 5.32 Å². The highest BCUT2D eigenvalue weighted by Gasteiger charge is 2.22. The van der Waals surface area contributed by atoms with Crippen molar-refractivity contribution < 1.29 is 13.2 Å². The summed E-state index contributed by atoms with van der Waals surface area (Å²) in [6.07, 6.45) is 0.944. The summed E-state index contributed by atoms with van der Waals surface area (Å²) in [5.41, 5.74) is 4.58. The molecular weight excluding hydrogens is 444 g/mol. The summed E-state index contributed by atoms with van der Waals surface area (Å²) < 4.78 is 28.7. The molecule has 0 radical (unpaired) electrons. The van der Waals surface area contributed by atoms with Crippen molar-refractivity contribution in [2.24, 2.45) is 0 Å². The zero-order chi connectivity index (χ0) is 23.5. The molecule has 0 heterocycles. The second-order valence-corrected chi connectivity index (χ2v) is 9.92. The first-order valence-corrected chi connectivity index (χ1v) is 12.3. The molecule has 168 valence electrons. The average Bonchev–Trinajstić information content (AvgIpc) is 2.76. The second-order valence-electron chi connectivity index (χ2n) is 7.86. The summed E-state index contributed by atoms with van der Waals surface area (Å²) in [5.74, 6) is -0.378. The van der Waals surface area contributed by atoms with E-state index in [0.717, 1.165) is 23.1 Å². The topological polar surface area (TPSA) is 75.3 Å². The van der Waals surface area contributed by atoms with Gasteiger partial charge in [0.2, 0.25) is 0 Å². The van der Waals surface area contributed by atoms with Crippen LogP contribution >= 0.6 is 11.6 Å². The molecule has 0 aromatic heterocycles. The minimum Gasteiger partial charge on any atom is -0.346 e. The molecule has 0 unspecified atom stereocenters. The highest BCUT2D eigenvalue weighted by Crippen LogP contribution is 2.27. The number of halogens is 1. The Balaban J connectivity index is 1.83. The zero-order valence-electron chi connectivity index (χ0n) is 18.6. The number of anilines is 1. The molecule has 0 aliphatic heterocycles. The number of sulfonamides is 1. The third-order valence-corrected chi connectivity index (χ3v) is 7.20. The van der Waals surface area contributed by atoms with Crippen LogP contribution in [-0.4, -0.2) is 14.3 Å². The Bertz CT molecular complexity index is 1240. The number of carbonyl (C=O) groups is 1. The van der Waals surface area contributed by atoms with Crippen molar-refractivity contribution in [3.05, 3.63) is 93.5 Å². The smallest absolute Gasteiger partial charge is 0.263 e. The van der Waals surface area contributed by atoms with E-state index in [1.54, 1.807) is 6.07 Å². The quantitative estimate of drug-likeness (QED) is 0.457. The van der Waals surface area contributed by atoms with Crippen molar-refractivity contribution in [3.63, 3.8) is 0 Å². The largest absolute Gasteiger partial charge is 0.346 e. The van der Waals surface area contributed by atoms with Crippen LogP contribution in [0.3, 0.4) is 0 Å². The number of aryl methyl sites for hydroxylation is 3. The molecule has 2 N–H and O–H groups in total. The monoisotopic (exact) mass is 470 g/mol. The number of carbonyl (C=O) groups excluding carboxylic acids is 1. The molecule has 0 bridgehead atoms. The van der Waals surface area contributed by atoms with Crippen LogP contribution in [0.2, 0.25) is 5.02 Å². The SMILES string of the molecule is CCc1ccc([C@H](C)NC(=O)c2ccc(Cl)c(S(=O)(=O)Nc3cc(C)ccc3C)c2)cc1. The molecule has 3 aromatic rings. The van der Waals surface area contributed by atoms with Gasteiger partial charge < -0.3 is 5.32 Å². The van der Waals surface area contributed by atoms with Gasteiger partial charge >= 0.3 is 0 Å². The molecule has 0 fully saturated rings. The molecule has 3 aromatic carbocycles. The first kappa shape index (κ1) is 23.8. The van der Waals surface area contributed by atoms with Crippen molar-refractivity contribution >= 4 is 33.2 Å². The van der Waals surface area contributed by atoms with Gasteiger partial charge in [-0.3, -0.25) is 9.52 Å². The number of hydrogen-bond donors (Lipinski definition) is 2. The third kappa shape index (κ3) is 5.50. The molecule has 5 nitrogen and oxygen atoms in total. The molecule has 0 aliphatic carbocycles. The van der Waals surface area contributed by atoms with Gasteiger partial charge in [-0.2, -0.15) is 0 Å². The molecule has 0 saturated carbocycles. The second kappa shape index (κ2) is 9.76. The van der Waals surface area contributed by atoms with Crippen LogP contribution in [0, 0.1) is 13.8 Å². The van der Waals surface area contributed by atoms with Gasteiger partial charge in [-0.05, 0) is 73.7 Å². The summed E-state index contributed by atoms with van der Waals surface area (Å²) in [4.78, 5) is 12.7. The van der Waals surface area contributed by atoms with Crippen LogP contribution in [0.4, 0.5) is 5.69 Å². The zero-order valence-corrected chi connectivity index (χ0v) is 20.1. The molecule has 7 heteroatoms. The molecule has 3 rings (SSSR count). The van der Waals surface area contributed by atoms with Gasteiger partial charge in [-0.15, -0.1) is 0 Å². The molecule has 1 amide bonds. The van der Waals surface area contributed by atoms with Crippen LogP contribution in [0.15, 0.2) is 65.6 Å². The fourth-order valence-corrected chi connectivity index (χ4v) is 4.95. The first-order chi connectivity index (χ1) is 15.1. The van der Waals surface area contributed by atoms with Gasteiger partial charge in [0.05, 0.1) is 16.8 Å². The highest BCUT2D eigenvalue weighted by atomic mass is 35.5. The number of benzene rings is 3. The Labute approximate surface area is 194 Å². The van der Waals surface area contributed by atoms with E-state index >= 15 is 0 Å². The molecule has 0 saturated heterocycles. The Hall–Kier alpha value is -2.83. The number of nitrogens with one attached hydrogen (secondary N) is 2. The Kier molecular flexibility index (Phi) is 7.26. The molecule has 1 atom stereocenters. The van der Waals surface area contributed by atoms with Crippen molar-refractivity contribution in [1.29, 1.82) is 0 Å². The fourth-order valence-electron chi connectivity index (χ4n) is 3.30. The highest BCUT2D eigenvalue weighted by molar-refractivity contribution is 7.92. The van der Waals surface area contributed by atoms with Crippen LogP contribution < -0.4 is 10.0 Å². The van der Waals surface area contributed by atoms with E-state index in [1.165, 1.54) is 23.8 Å². The van der Waals surface area contributed by atoms with E-state index in [0.29, 0.717) is 5.69 Å². The van der Waals surface area contributed by atoms with Crippen molar-refractivity contribution in [3.8, 4) is 0 Å². The average molecular weight is 471 g/mol. The Morgan fingerprint density at radius 2 is 1.69 bits per heavy atom. The Morgan fingerprint density at radius 3 is 2.34 bits per heavy atom. The fraction of sp³-hybridized carbons (Fsp3) is 0.240. The summed E-state index contributed by atoms with van der Waals surface area (Å²) in [7, 11) is -3.99. The lowest BCUT2D eigenvalue weighted by Crippen LogP contribution is -2.27. The normalized spacial score (nSPS) is 12.3. The van der Waals surface area contributed by atoms with E-state index in [9.17, 15) is 13.2 Å². The maximum Gasteiger partial charge on any atom is 0.263 e. The lowest BCUT2D eigenvalue weighted by molar-refractivity contribution is 0.0939. The van der Waals surface area contributed by atoms with Crippen LogP contribution in [0.1, 0.15) is 52.5 Å². The van der Waals surface area contributed by atoms with Gasteiger partial charge in [-0.25, -0.2) is 8.42 Å². The summed E-state index contributed by atoms with van der Waals surface area (Å²) in [6.45, 7) is 7.67. The van der Waals surface area contributed by atoms with Crippen molar-refractivity contribution in [2.45, 2.75) is 45.1 Å². The standard InChI is InChI=1S/C25H27ClN2O3S/c1-5-19-8-10-20(11-9-19)18(4)27-25(29)21-12-13-22(26)24(15-21)32(30,31)28-23-14-16(2)6-7-17(23)3/h6-15,18,28H,5H2,1-4H3,(H,27,29)/t18-/m0/s1. The van der Waals surface area contributed by atoms with Gasteiger partial charge in [0.15, 0.2) is 0 Å². The summed E-state index contributed by atoms with van der Waals surface area (Å²) in [6, 6.07) is 17.5. The van der Waals surface area contributed by atoms with E-state index in [-0.39, 0.29) is 27.4 Å².